The summed E-state index contributed by atoms with van der Waals surface area (Å²) >= 11 is 0. The Morgan fingerprint density at radius 1 is 1.15 bits per heavy atom. The number of hydrogen-bond donors (Lipinski definition) is 0. The highest BCUT2D eigenvalue weighted by atomic mass is 16.5. The molecule has 0 aromatic heterocycles. The summed E-state index contributed by atoms with van der Waals surface area (Å²) < 4.78 is 5.32. The third kappa shape index (κ3) is 3.00. The van der Waals surface area contributed by atoms with Crippen LogP contribution in [0.4, 0.5) is 0 Å². The highest BCUT2D eigenvalue weighted by Crippen LogP contribution is 2.49. The molecule has 134 valence electrons. The number of amides is 1. The van der Waals surface area contributed by atoms with Crippen LogP contribution in [0.15, 0.2) is 59.7 Å². The Balaban J connectivity index is 1.55. The molecule has 1 aliphatic heterocycles. The van der Waals surface area contributed by atoms with Gasteiger partial charge in [-0.3, -0.25) is 4.79 Å². The molecule has 0 bridgehead atoms. The number of nitrogens with zero attached hydrogens (tertiary/aromatic N) is 2. The van der Waals surface area contributed by atoms with Gasteiger partial charge in [0.25, 0.3) is 0 Å². The molecule has 2 aliphatic rings. The Labute approximate surface area is 154 Å². The first-order valence-corrected chi connectivity index (χ1v) is 9.10. The van der Waals surface area contributed by atoms with Crippen molar-refractivity contribution in [3.8, 4) is 5.75 Å². The van der Waals surface area contributed by atoms with Gasteiger partial charge < -0.3 is 4.74 Å². The normalized spacial score (nSPS) is 23.5. The van der Waals surface area contributed by atoms with Crippen molar-refractivity contribution in [1.82, 2.24) is 5.01 Å². The molecule has 4 heteroatoms. The van der Waals surface area contributed by atoms with Crippen molar-refractivity contribution in [2.75, 3.05) is 7.11 Å². The van der Waals surface area contributed by atoms with Gasteiger partial charge in [-0.1, -0.05) is 42.5 Å². The number of carbonyl (C=O) groups is 1. The molecule has 0 spiro atoms. The summed E-state index contributed by atoms with van der Waals surface area (Å²) in [6.45, 7) is 4.17. The van der Waals surface area contributed by atoms with Crippen molar-refractivity contribution in [2.45, 2.75) is 38.1 Å². The molecule has 0 N–H and O–H groups in total. The van der Waals surface area contributed by atoms with E-state index in [4.69, 9.17) is 9.84 Å². The number of hydrazone groups is 1. The van der Waals surface area contributed by atoms with Gasteiger partial charge in [0.15, 0.2) is 0 Å². The Bertz CT molecular complexity index is 857. The number of methoxy groups -OCH3 is 1. The maximum atomic E-state index is 13.1. The van der Waals surface area contributed by atoms with Gasteiger partial charge in [-0.2, -0.15) is 5.10 Å². The highest BCUT2D eigenvalue weighted by Gasteiger charge is 2.50. The Morgan fingerprint density at radius 3 is 2.65 bits per heavy atom. The largest absolute Gasteiger partial charge is 0.497 e. The van der Waals surface area contributed by atoms with Crippen molar-refractivity contribution in [3.63, 3.8) is 0 Å². The second kappa shape index (κ2) is 6.27. The lowest BCUT2D eigenvalue weighted by atomic mass is 9.94. The first kappa shape index (κ1) is 16.8. The van der Waals surface area contributed by atoms with Gasteiger partial charge in [-0.05, 0) is 43.9 Å². The minimum Gasteiger partial charge on any atom is -0.497 e. The summed E-state index contributed by atoms with van der Waals surface area (Å²) in [6.07, 6.45) is 1.66. The van der Waals surface area contributed by atoms with Gasteiger partial charge in [0.1, 0.15) is 5.75 Å². The SMILES string of the molecule is COc1cccc(C2=NN(C(=O)[C@@H]3C[C@H]3c3ccccc3)C(C)(C)C2)c1. The van der Waals surface area contributed by atoms with E-state index in [-0.39, 0.29) is 17.4 Å². The topological polar surface area (TPSA) is 41.9 Å². The van der Waals surface area contributed by atoms with E-state index in [0.29, 0.717) is 5.92 Å². The van der Waals surface area contributed by atoms with Gasteiger partial charge in [0, 0.05) is 17.9 Å². The average Bonchev–Trinajstić information content (AvgIpc) is 3.39. The van der Waals surface area contributed by atoms with Crippen molar-refractivity contribution in [2.24, 2.45) is 11.0 Å². The molecule has 1 saturated carbocycles. The van der Waals surface area contributed by atoms with Crippen molar-refractivity contribution in [3.05, 3.63) is 65.7 Å². The van der Waals surface area contributed by atoms with E-state index in [1.165, 1.54) is 5.56 Å². The molecule has 0 radical (unpaired) electrons. The summed E-state index contributed by atoms with van der Waals surface area (Å²) in [6, 6.07) is 18.2. The van der Waals surface area contributed by atoms with Crippen LogP contribution in [0.2, 0.25) is 0 Å². The van der Waals surface area contributed by atoms with Crippen LogP contribution < -0.4 is 4.74 Å². The fourth-order valence-electron chi connectivity index (χ4n) is 3.78. The van der Waals surface area contributed by atoms with Crippen LogP contribution in [0.25, 0.3) is 0 Å². The van der Waals surface area contributed by atoms with Gasteiger partial charge in [-0.25, -0.2) is 5.01 Å². The Morgan fingerprint density at radius 2 is 1.92 bits per heavy atom. The van der Waals surface area contributed by atoms with E-state index < -0.39 is 0 Å². The molecule has 2 aromatic carbocycles. The van der Waals surface area contributed by atoms with Crippen LogP contribution in [0, 0.1) is 5.92 Å². The van der Waals surface area contributed by atoms with Crippen molar-refractivity contribution >= 4 is 11.6 Å². The number of ether oxygens (including phenoxy) is 1. The molecule has 1 aliphatic carbocycles. The molecule has 0 unspecified atom stereocenters. The van der Waals surface area contributed by atoms with Crippen LogP contribution in [-0.2, 0) is 4.79 Å². The van der Waals surface area contributed by atoms with E-state index in [9.17, 15) is 4.79 Å². The number of rotatable bonds is 4. The molecule has 26 heavy (non-hydrogen) atoms. The minimum atomic E-state index is -0.306. The van der Waals surface area contributed by atoms with E-state index in [2.05, 4.69) is 26.0 Å². The van der Waals surface area contributed by atoms with Crippen LogP contribution in [0.3, 0.4) is 0 Å². The summed E-state index contributed by atoms with van der Waals surface area (Å²) in [7, 11) is 1.66. The zero-order valence-corrected chi connectivity index (χ0v) is 15.5. The van der Waals surface area contributed by atoms with E-state index in [0.717, 1.165) is 29.9 Å². The molecule has 4 nitrogen and oxygen atoms in total. The van der Waals surface area contributed by atoms with Gasteiger partial charge in [0.2, 0.25) is 5.91 Å². The Hall–Kier alpha value is -2.62. The van der Waals surface area contributed by atoms with Crippen molar-refractivity contribution in [1.29, 1.82) is 0 Å². The molecule has 2 aromatic rings. The molecule has 1 heterocycles. The Kier molecular flexibility index (Phi) is 4.06. The zero-order valence-electron chi connectivity index (χ0n) is 15.5. The number of carbonyl (C=O) groups excluding carboxylic acids is 1. The lowest BCUT2D eigenvalue weighted by Crippen LogP contribution is -2.41. The predicted octanol–water partition coefficient (Wildman–Crippen LogP) is 4.21. The molecule has 1 amide bonds. The minimum absolute atomic E-state index is 0.0464. The summed E-state index contributed by atoms with van der Waals surface area (Å²) in [4.78, 5) is 13.1. The van der Waals surface area contributed by atoms with Crippen molar-refractivity contribution < 1.29 is 9.53 Å². The quantitative estimate of drug-likeness (QED) is 0.830. The smallest absolute Gasteiger partial charge is 0.246 e. The number of benzene rings is 2. The van der Waals surface area contributed by atoms with Crippen LogP contribution in [-0.4, -0.2) is 29.3 Å². The molecule has 4 rings (SSSR count). The molecule has 1 fully saturated rings. The van der Waals surface area contributed by atoms with Crippen LogP contribution in [0.5, 0.6) is 5.75 Å². The maximum absolute atomic E-state index is 13.1. The fourth-order valence-corrected chi connectivity index (χ4v) is 3.78. The summed E-state index contributed by atoms with van der Waals surface area (Å²) in [5.74, 6) is 1.32. The molecule has 0 saturated heterocycles. The third-order valence-electron chi connectivity index (χ3n) is 5.34. The molecule has 2 atom stereocenters. The zero-order chi connectivity index (χ0) is 18.3. The van der Waals surface area contributed by atoms with Crippen LogP contribution in [0.1, 0.15) is 43.7 Å². The van der Waals surface area contributed by atoms with E-state index in [1.807, 2.05) is 42.5 Å². The lowest BCUT2D eigenvalue weighted by Gasteiger charge is -2.28. The lowest BCUT2D eigenvalue weighted by molar-refractivity contribution is -0.136. The predicted molar refractivity (Wildman–Crippen MR) is 102 cm³/mol. The van der Waals surface area contributed by atoms with E-state index >= 15 is 0 Å². The monoisotopic (exact) mass is 348 g/mol. The van der Waals surface area contributed by atoms with Gasteiger partial charge >= 0.3 is 0 Å². The number of hydrogen-bond acceptors (Lipinski definition) is 3. The standard InChI is InChI=1S/C22H24N2O2/c1-22(2)14-20(16-10-7-11-17(12-16)26-3)23-24(22)21(25)19-13-18(19)15-8-5-4-6-9-15/h4-12,18-19H,13-14H2,1-3H3/t18-,19+/m0/s1. The average molecular weight is 348 g/mol. The summed E-state index contributed by atoms with van der Waals surface area (Å²) in [5, 5.41) is 6.44. The van der Waals surface area contributed by atoms with Crippen LogP contribution >= 0.6 is 0 Å². The first-order chi connectivity index (χ1) is 12.5. The highest BCUT2D eigenvalue weighted by molar-refractivity contribution is 6.04. The van der Waals surface area contributed by atoms with E-state index in [1.54, 1.807) is 12.1 Å². The summed E-state index contributed by atoms with van der Waals surface area (Å²) in [5.41, 5.74) is 2.90. The van der Waals surface area contributed by atoms with Gasteiger partial charge in [0.05, 0.1) is 18.4 Å². The van der Waals surface area contributed by atoms with Gasteiger partial charge in [-0.15, -0.1) is 0 Å². The molecular formula is C22H24N2O2. The second-order valence-corrected chi connectivity index (χ2v) is 7.78. The third-order valence-corrected chi connectivity index (χ3v) is 5.34. The molecular weight excluding hydrogens is 324 g/mol. The fraction of sp³-hybridized carbons (Fsp3) is 0.364. The first-order valence-electron chi connectivity index (χ1n) is 9.10. The second-order valence-electron chi connectivity index (χ2n) is 7.78. The maximum Gasteiger partial charge on any atom is 0.246 e.